The summed E-state index contributed by atoms with van der Waals surface area (Å²) in [4.78, 5) is 34.1. The molecule has 0 saturated carbocycles. The predicted molar refractivity (Wildman–Crippen MR) is 83.3 cm³/mol. The van der Waals surface area contributed by atoms with Crippen molar-refractivity contribution in [2.24, 2.45) is 0 Å². The number of ether oxygens (including phenoxy) is 1. The molecule has 1 fully saturated rings. The number of imidazole rings is 1. The molecule has 1 unspecified atom stereocenters. The lowest BCUT2D eigenvalue weighted by Crippen LogP contribution is -2.31. The zero-order valence-electron chi connectivity index (χ0n) is 13.5. The Morgan fingerprint density at radius 3 is 2.88 bits per heavy atom. The molecule has 0 aromatic carbocycles. The maximum absolute atomic E-state index is 11.9. The van der Waals surface area contributed by atoms with Crippen LogP contribution in [0.1, 0.15) is 38.2 Å². The van der Waals surface area contributed by atoms with Crippen LogP contribution in [0.4, 0.5) is 0 Å². The smallest absolute Gasteiger partial charge is 0.279 e. The number of hydrogen-bond donors (Lipinski definition) is 3. The van der Waals surface area contributed by atoms with E-state index in [0.29, 0.717) is 18.7 Å². The molecule has 2 aromatic rings. The molecule has 9 nitrogen and oxygen atoms in total. The minimum Gasteiger partial charge on any atom is -0.388 e. The number of aromatic amines is 1. The number of nitrogens with one attached hydrogen (secondary N) is 1. The molecule has 1 aliphatic rings. The number of carbonyl (C=O) groups excluding carboxylic acids is 1. The molecule has 2 aromatic heterocycles. The predicted octanol–water partition coefficient (Wildman–Crippen LogP) is -0.193. The van der Waals surface area contributed by atoms with Crippen molar-refractivity contribution in [3.8, 4) is 0 Å². The van der Waals surface area contributed by atoms with Gasteiger partial charge in [-0.25, -0.2) is 9.97 Å². The van der Waals surface area contributed by atoms with E-state index in [-0.39, 0.29) is 28.9 Å². The highest BCUT2D eigenvalue weighted by atomic mass is 16.6. The van der Waals surface area contributed by atoms with Gasteiger partial charge < -0.3 is 19.9 Å². The maximum Gasteiger partial charge on any atom is 0.279 e. The normalized spacial score (nSPS) is 27.0. The Kier molecular flexibility index (Phi) is 4.48. The summed E-state index contributed by atoms with van der Waals surface area (Å²) < 4.78 is 7.17. The van der Waals surface area contributed by atoms with E-state index in [2.05, 4.69) is 15.0 Å². The van der Waals surface area contributed by atoms with Crippen LogP contribution in [0.5, 0.6) is 0 Å². The molecule has 3 rings (SSSR count). The van der Waals surface area contributed by atoms with Crippen molar-refractivity contribution in [3.05, 3.63) is 22.5 Å². The van der Waals surface area contributed by atoms with E-state index < -0.39 is 24.5 Å². The number of hydrogen-bond acceptors (Lipinski definition) is 7. The Morgan fingerprint density at radius 2 is 2.17 bits per heavy atom. The first kappa shape index (κ1) is 16.7. The van der Waals surface area contributed by atoms with Gasteiger partial charge in [0.2, 0.25) is 0 Å². The number of nitrogens with zero attached hydrogens (tertiary/aromatic N) is 3. The third kappa shape index (κ3) is 2.85. The van der Waals surface area contributed by atoms with E-state index in [9.17, 15) is 19.8 Å². The van der Waals surface area contributed by atoms with E-state index in [0.717, 1.165) is 0 Å². The Balaban J connectivity index is 1.87. The number of carbonyl (C=O) groups is 1. The van der Waals surface area contributed by atoms with Gasteiger partial charge in [0.1, 0.15) is 23.8 Å². The summed E-state index contributed by atoms with van der Waals surface area (Å²) in [5.74, 6) is 0.480. The first-order valence-electron chi connectivity index (χ1n) is 7.89. The second-order valence-corrected chi connectivity index (χ2v) is 5.95. The lowest BCUT2D eigenvalue weighted by molar-refractivity contribution is -0.120. The van der Waals surface area contributed by atoms with Gasteiger partial charge in [0.15, 0.2) is 17.4 Å². The summed E-state index contributed by atoms with van der Waals surface area (Å²) in [7, 11) is 0. The summed E-state index contributed by atoms with van der Waals surface area (Å²) in [5.41, 5.74) is 0.0302. The Morgan fingerprint density at radius 1 is 1.42 bits per heavy atom. The third-order valence-corrected chi connectivity index (χ3v) is 4.26. The zero-order valence-corrected chi connectivity index (χ0v) is 13.5. The first-order valence-corrected chi connectivity index (χ1v) is 7.89. The summed E-state index contributed by atoms with van der Waals surface area (Å²) in [6, 6.07) is 0. The molecule has 0 radical (unpaired) electrons. The van der Waals surface area contributed by atoms with Gasteiger partial charge in [-0.2, -0.15) is 0 Å². The lowest BCUT2D eigenvalue weighted by Gasteiger charge is -2.16. The number of aliphatic hydroxyl groups is 2. The molecule has 0 aliphatic carbocycles. The SMILES string of the molecule is CCC(=O)CC[C@H]1O[C@@H](n2cnc3c(=O)[nH]c(C)nc32)[C@@H](O)C1O. The second kappa shape index (κ2) is 6.42. The van der Waals surface area contributed by atoms with Crippen molar-refractivity contribution in [2.75, 3.05) is 0 Å². The minimum absolute atomic E-state index is 0.0700. The minimum atomic E-state index is -1.20. The number of rotatable bonds is 5. The number of ketones is 1. The second-order valence-electron chi connectivity index (χ2n) is 5.95. The molecule has 0 spiro atoms. The Hall–Kier alpha value is -2.10. The van der Waals surface area contributed by atoms with Crippen LogP contribution in [-0.2, 0) is 9.53 Å². The van der Waals surface area contributed by atoms with Crippen LogP contribution in [0.2, 0.25) is 0 Å². The Labute approximate surface area is 137 Å². The van der Waals surface area contributed by atoms with Gasteiger partial charge in [0.05, 0.1) is 12.4 Å². The van der Waals surface area contributed by atoms with E-state index in [4.69, 9.17) is 4.74 Å². The summed E-state index contributed by atoms with van der Waals surface area (Å²) in [6.07, 6.45) is -1.54. The molecular formula is C15H20N4O5. The molecule has 0 amide bonds. The number of aromatic nitrogens is 4. The van der Waals surface area contributed by atoms with Crippen molar-refractivity contribution < 1.29 is 19.7 Å². The fourth-order valence-electron chi connectivity index (χ4n) is 2.90. The van der Waals surface area contributed by atoms with Crippen LogP contribution in [0.25, 0.3) is 11.2 Å². The van der Waals surface area contributed by atoms with E-state index in [1.807, 2.05) is 0 Å². The standard InChI is InChI=1S/C15H20N4O5/c1-3-8(20)4-5-9-11(21)12(22)15(24-9)19-6-16-10-13(19)17-7(2)18-14(10)23/h6,9,11-12,15,21-22H,3-5H2,1-2H3,(H,17,18,23)/t9-,11?,12+,15-/m1/s1. The van der Waals surface area contributed by atoms with Gasteiger partial charge in [-0.1, -0.05) is 6.92 Å². The summed E-state index contributed by atoms with van der Waals surface area (Å²) in [6.45, 7) is 3.41. The van der Waals surface area contributed by atoms with Crippen molar-refractivity contribution >= 4 is 16.9 Å². The van der Waals surface area contributed by atoms with Gasteiger partial charge in [0, 0.05) is 12.8 Å². The van der Waals surface area contributed by atoms with Crippen molar-refractivity contribution in [1.82, 2.24) is 19.5 Å². The molecule has 3 heterocycles. The third-order valence-electron chi connectivity index (χ3n) is 4.26. The quantitative estimate of drug-likeness (QED) is 0.689. The highest BCUT2D eigenvalue weighted by molar-refractivity contribution is 5.78. The van der Waals surface area contributed by atoms with Crippen LogP contribution in [0, 0.1) is 6.92 Å². The fourth-order valence-corrected chi connectivity index (χ4v) is 2.90. The topological polar surface area (TPSA) is 130 Å². The van der Waals surface area contributed by atoms with Crippen molar-refractivity contribution in [2.45, 2.75) is 57.6 Å². The van der Waals surface area contributed by atoms with Gasteiger partial charge in [-0.3, -0.25) is 14.2 Å². The number of Topliss-reactive ketones (excluding diaryl/α,β-unsaturated/α-hetero) is 1. The molecular weight excluding hydrogens is 316 g/mol. The van der Waals surface area contributed by atoms with Gasteiger partial charge in [-0.15, -0.1) is 0 Å². The maximum atomic E-state index is 11.9. The molecule has 9 heteroatoms. The van der Waals surface area contributed by atoms with Crippen LogP contribution < -0.4 is 5.56 Å². The average Bonchev–Trinajstić information content (AvgIpc) is 3.08. The molecule has 1 aliphatic heterocycles. The number of fused-ring (bicyclic) bond motifs is 1. The largest absolute Gasteiger partial charge is 0.388 e. The summed E-state index contributed by atoms with van der Waals surface area (Å²) >= 11 is 0. The van der Waals surface area contributed by atoms with Crippen LogP contribution in [0.15, 0.2) is 11.1 Å². The fraction of sp³-hybridized carbons (Fsp3) is 0.600. The number of H-pyrrole nitrogens is 1. The Bertz CT molecular complexity index is 814. The van der Waals surface area contributed by atoms with Gasteiger partial charge >= 0.3 is 0 Å². The summed E-state index contributed by atoms with van der Waals surface area (Å²) in [5, 5.41) is 20.5. The molecule has 130 valence electrons. The highest BCUT2D eigenvalue weighted by Crippen LogP contribution is 2.33. The van der Waals surface area contributed by atoms with Gasteiger partial charge in [0.25, 0.3) is 5.56 Å². The molecule has 24 heavy (non-hydrogen) atoms. The number of aryl methyl sites for hydroxylation is 1. The lowest BCUT2D eigenvalue weighted by atomic mass is 10.0. The van der Waals surface area contributed by atoms with E-state index >= 15 is 0 Å². The molecule has 3 N–H and O–H groups in total. The van der Waals surface area contributed by atoms with Crippen molar-refractivity contribution in [1.29, 1.82) is 0 Å². The van der Waals surface area contributed by atoms with Gasteiger partial charge in [-0.05, 0) is 13.3 Å². The van der Waals surface area contributed by atoms with Crippen LogP contribution in [0.3, 0.4) is 0 Å². The van der Waals surface area contributed by atoms with Crippen molar-refractivity contribution in [3.63, 3.8) is 0 Å². The zero-order chi connectivity index (χ0) is 17.4. The van der Waals surface area contributed by atoms with Crippen LogP contribution in [-0.4, -0.2) is 53.8 Å². The molecule has 4 atom stereocenters. The van der Waals surface area contributed by atoms with E-state index in [1.54, 1.807) is 13.8 Å². The average molecular weight is 336 g/mol. The first-order chi connectivity index (χ1) is 11.4. The van der Waals surface area contributed by atoms with E-state index in [1.165, 1.54) is 10.9 Å². The molecule has 0 bridgehead atoms. The van der Waals surface area contributed by atoms with Crippen LogP contribution >= 0.6 is 0 Å². The monoisotopic (exact) mass is 336 g/mol. The number of aliphatic hydroxyl groups excluding tert-OH is 2. The molecule has 1 saturated heterocycles. The highest BCUT2D eigenvalue weighted by Gasteiger charge is 2.44.